The third-order valence-corrected chi connectivity index (χ3v) is 11.3. The summed E-state index contributed by atoms with van der Waals surface area (Å²) < 4.78 is 28.1. The molecular weight excluding hydrogens is 772 g/mol. The van der Waals surface area contributed by atoms with E-state index in [0.717, 1.165) is 6.42 Å². The Morgan fingerprint density at radius 1 is 0.763 bits per heavy atom. The number of carbonyl (C=O) groups is 8. The van der Waals surface area contributed by atoms with Gasteiger partial charge in [0, 0.05) is 110 Å². The lowest BCUT2D eigenvalue weighted by Crippen LogP contribution is -2.63. The number of ketones is 2. The van der Waals surface area contributed by atoms with Gasteiger partial charge < -0.3 is 49.6 Å². The molecule has 0 aliphatic carbocycles. The zero-order valence-electron chi connectivity index (χ0n) is 36.0. The van der Waals surface area contributed by atoms with Crippen molar-refractivity contribution < 1.29 is 67.1 Å². The van der Waals surface area contributed by atoms with E-state index in [9.17, 15) is 43.5 Å². The summed E-state index contributed by atoms with van der Waals surface area (Å²) in [5.74, 6) is -2.84. The van der Waals surface area contributed by atoms with Crippen molar-refractivity contribution in [3.63, 3.8) is 0 Å². The van der Waals surface area contributed by atoms with Crippen molar-refractivity contribution in [2.45, 2.75) is 137 Å². The Hall–Kier alpha value is -4.00. The lowest BCUT2D eigenvalue weighted by atomic mass is 9.67. The van der Waals surface area contributed by atoms with Crippen LogP contribution in [0.1, 0.15) is 113 Å². The number of hydrogen-bond acceptors (Lipinski definition) is 14. The molecule has 2 rings (SSSR count). The third kappa shape index (κ3) is 17.6. The van der Waals surface area contributed by atoms with Gasteiger partial charge in [-0.3, -0.25) is 38.4 Å². The highest BCUT2D eigenvalue weighted by Crippen LogP contribution is 2.48. The zero-order valence-corrected chi connectivity index (χ0v) is 36.0. The third-order valence-electron chi connectivity index (χ3n) is 11.3. The van der Waals surface area contributed by atoms with Gasteiger partial charge in [0.15, 0.2) is 6.29 Å². The van der Waals surface area contributed by atoms with Gasteiger partial charge in [-0.25, -0.2) is 0 Å². The molecule has 0 aromatic rings. The maximum absolute atomic E-state index is 12.7. The fraction of sp³-hybridized carbons (Fsp3) is 0.805. The first kappa shape index (κ1) is 51.1. The van der Waals surface area contributed by atoms with Gasteiger partial charge in [-0.2, -0.15) is 0 Å². The zero-order chi connectivity index (χ0) is 44.2. The molecule has 4 N–H and O–H groups in total. The fourth-order valence-corrected chi connectivity index (χ4v) is 7.21. The second-order valence-corrected chi connectivity index (χ2v) is 16.1. The van der Waals surface area contributed by atoms with Gasteiger partial charge in [-0.15, -0.1) is 0 Å². The Morgan fingerprint density at radius 2 is 1.37 bits per heavy atom. The van der Waals surface area contributed by atoms with Crippen molar-refractivity contribution >= 4 is 47.1 Å². The van der Waals surface area contributed by atoms with Crippen molar-refractivity contribution in [1.82, 2.24) is 20.9 Å². The van der Waals surface area contributed by atoms with Crippen LogP contribution in [0.2, 0.25) is 0 Å². The van der Waals surface area contributed by atoms with Gasteiger partial charge in [0.25, 0.3) is 0 Å². The molecule has 336 valence electrons. The fourth-order valence-electron chi connectivity index (χ4n) is 7.21. The number of esters is 2. The molecule has 18 heteroatoms. The maximum Gasteiger partial charge on any atom is 0.302 e. The highest BCUT2D eigenvalue weighted by Gasteiger charge is 2.51. The van der Waals surface area contributed by atoms with Crippen LogP contribution in [0, 0.1) is 16.7 Å². The summed E-state index contributed by atoms with van der Waals surface area (Å²) in [5.41, 5.74) is -0.566. The molecule has 0 bridgehead atoms. The number of nitrogens with zero attached hydrogens (tertiary/aromatic N) is 1. The van der Waals surface area contributed by atoms with E-state index in [1.165, 1.54) is 20.8 Å². The molecule has 0 aromatic heterocycles. The van der Waals surface area contributed by atoms with Crippen LogP contribution in [-0.2, 0) is 62.0 Å². The molecule has 2 saturated heterocycles. The molecule has 1 unspecified atom stereocenters. The first-order chi connectivity index (χ1) is 27.8. The number of carbonyl (C=O) groups excluding carboxylic acids is 8. The molecule has 0 saturated carbocycles. The van der Waals surface area contributed by atoms with E-state index in [1.54, 1.807) is 11.8 Å². The number of ether oxygens (including phenoxy) is 5. The summed E-state index contributed by atoms with van der Waals surface area (Å²) in [4.78, 5) is 98.7. The summed E-state index contributed by atoms with van der Waals surface area (Å²) in [6.45, 7) is 13.6. The van der Waals surface area contributed by atoms with Gasteiger partial charge in [0.05, 0.1) is 19.8 Å². The average molecular weight is 841 g/mol. The van der Waals surface area contributed by atoms with Crippen LogP contribution >= 0.6 is 0 Å². The lowest BCUT2D eigenvalue weighted by molar-refractivity contribution is -0.262. The summed E-state index contributed by atoms with van der Waals surface area (Å²) in [5, 5.41) is 18.0. The first-order valence-corrected chi connectivity index (χ1v) is 20.7. The van der Waals surface area contributed by atoms with Crippen molar-refractivity contribution in [2.75, 3.05) is 59.2 Å². The highest BCUT2D eigenvalue weighted by molar-refractivity contribution is 5.88. The minimum Gasteiger partial charge on any atom is -0.463 e. The summed E-state index contributed by atoms with van der Waals surface area (Å²) in [6, 6.07) is -0.823. The van der Waals surface area contributed by atoms with Gasteiger partial charge in [-0.05, 0) is 24.7 Å². The van der Waals surface area contributed by atoms with Gasteiger partial charge in [0.2, 0.25) is 23.6 Å². The summed E-state index contributed by atoms with van der Waals surface area (Å²) in [7, 11) is 0. The number of aliphatic hydroxyl groups is 1. The van der Waals surface area contributed by atoms with Crippen molar-refractivity contribution in [2.24, 2.45) is 16.7 Å². The Bertz CT molecular complexity index is 1430. The smallest absolute Gasteiger partial charge is 0.302 e. The Kier molecular flexibility index (Phi) is 22.2. The Balaban J connectivity index is 1.55. The van der Waals surface area contributed by atoms with Crippen LogP contribution < -0.4 is 16.0 Å². The molecule has 7 atom stereocenters. The first-order valence-electron chi connectivity index (χ1n) is 20.7. The number of hydrogen-bond donors (Lipinski definition) is 4. The number of rotatable bonds is 27. The van der Waals surface area contributed by atoms with Crippen molar-refractivity contribution in [1.29, 1.82) is 0 Å². The SMILES string of the molecule is CC[C@]1(C)CN(C(=O)CCNC(=O)CCC(=O)CCC(=O)NCCCC(=O)CCCOCCOC2O[C@H](COC(C)=O)[C@H](C)[C@H](OC(C)=O)[C@H]2NC(C)=O)C[C@]1(C)CO. The van der Waals surface area contributed by atoms with Crippen LogP contribution in [0.5, 0.6) is 0 Å². The lowest BCUT2D eigenvalue weighted by Gasteiger charge is -2.44. The van der Waals surface area contributed by atoms with Crippen LogP contribution in [0.15, 0.2) is 0 Å². The van der Waals surface area contributed by atoms with Crippen LogP contribution in [0.4, 0.5) is 0 Å². The van der Waals surface area contributed by atoms with E-state index < -0.39 is 42.4 Å². The quantitative estimate of drug-likeness (QED) is 0.0678. The predicted octanol–water partition coefficient (Wildman–Crippen LogP) is 1.52. The molecule has 0 radical (unpaired) electrons. The molecular formula is C41H68N4O14. The summed E-state index contributed by atoms with van der Waals surface area (Å²) >= 11 is 0. The average Bonchev–Trinajstić information content (AvgIpc) is 3.46. The van der Waals surface area contributed by atoms with Gasteiger partial charge in [0.1, 0.15) is 36.4 Å². The standard InChI is InChI=1S/C41H68N4O14/c1-8-40(6)24-45(25-41(40,7)26-46)36(54)17-19-43-35(53)16-14-32(51)13-15-34(52)42-18-9-11-31(50)12-10-20-55-21-22-56-39-37(44-28(3)47)38(58-30(5)49)27(2)33(59-39)23-57-29(4)48/h27,33,37-39,46H,8-26H2,1-7H3,(H,42,52)(H,43,53)(H,44,47)/t27-,33+,37+,38-,39?,40+,41+/m0/s1. The molecule has 4 amide bonds. The second-order valence-electron chi connectivity index (χ2n) is 16.1. The molecule has 2 aliphatic heterocycles. The number of likely N-dealkylation sites (tertiary alicyclic amines) is 1. The topological polar surface area (TPSA) is 242 Å². The monoisotopic (exact) mass is 840 g/mol. The molecule has 2 fully saturated rings. The van der Waals surface area contributed by atoms with Gasteiger partial charge >= 0.3 is 11.9 Å². The summed E-state index contributed by atoms with van der Waals surface area (Å²) in [6.07, 6.45) is -0.162. The molecule has 0 aromatic carbocycles. The molecule has 2 heterocycles. The molecule has 0 spiro atoms. The number of aliphatic hydroxyl groups excluding tert-OH is 1. The number of amides is 4. The maximum atomic E-state index is 12.7. The van der Waals surface area contributed by atoms with E-state index >= 15 is 0 Å². The minimum atomic E-state index is -1.02. The normalized spacial score (nSPS) is 25.2. The highest BCUT2D eigenvalue weighted by atomic mass is 16.7. The van der Waals surface area contributed by atoms with Crippen LogP contribution in [0.25, 0.3) is 0 Å². The predicted molar refractivity (Wildman–Crippen MR) is 212 cm³/mol. The molecule has 59 heavy (non-hydrogen) atoms. The minimum absolute atomic E-state index is 0.00795. The van der Waals surface area contributed by atoms with Crippen LogP contribution in [-0.4, -0.2) is 141 Å². The second kappa shape index (κ2) is 25.6. The number of Topliss-reactive ketones (excluding diaryl/α,β-unsaturated/α-hetero) is 2. The Morgan fingerprint density at radius 3 is 1.95 bits per heavy atom. The van der Waals surface area contributed by atoms with E-state index in [2.05, 4.69) is 22.9 Å². The molecule has 18 nitrogen and oxygen atoms in total. The van der Waals surface area contributed by atoms with Crippen molar-refractivity contribution in [3.05, 3.63) is 0 Å². The van der Waals surface area contributed by atoms with E-state index in [0.29, 0.717) is 25.9 Å². The molecule has 2 aliphatic rings. The van der Waals surface area contributed by atoms with Gasteiger partial charge in [-0.1, -0.05) is 27.7 Å². The van der Waals surface area contributed by atoms with E-state index in [1.807, 2.05) is 13.8 Å². The van der Waals surface area contributed by atoms with E-state index in [4.69, 9.17) is 23.7 Å². The van der Waals surface area contributed by atoms with Crippen LogP contribution in [0.3, 0.4) is 0 Å². The van der Waals surface area contributed by atoms with E-state index in [-0.39, 0.29) is 137 Å². The Labute approximate surface area is 347 Å². The van der Waals surface area contributed by atoms with Crippen molar-refractivity contribution in [3.8, 4) is 0 Å². The largest absolute Gasteiger partial charge is 0.463 e. The number of nitrogens with one attached hydrogen (secondary N) is 3.